The first-order valence-corrected chi connectivity index (χ1v) is 6.76. The lowest BCUT2D eigenvalue weighted by Crippen LogP contribution is -2.38. The van der Waals surface area contributed by atoms with E-state index in [1.807, 2.05) is 24.3 Å². The number of hydrogen-bond donors (Lipinski definition) is 1. The van der Waals surface area contributed by atoms with Crippen molar-refractivity contribution < 1.29 is 9.84 Å². The molecule has 2 atom stereocenters. The summed E-state index contributed by atoms with van der Waals surface area (Å²) in [4.78, 5) is 0. The van der Waals surface area contributed by atoms with E-state index in [0.29, 0.717) is 5.88 Å². The Morgan fingerprint density at radius 1 is 1.29 bits per heavy atom. The molecule has 0 aliphatic carbocycles. The second-order valence-electron chi connectivity index (χ2n) is 5.23. The summed E-state index contributed by atoms with van der Waals surface area (Å²) in [5, 5.41) is 10.8. The minimum atomic E-state index is -0.716. The Labute approximate surface area is 107 Å². The van der Waals surface area contributed by atoms with Crippen LogP contribution in [0.3, 0.4) is 0 Å². The number of halogens is 1. The minimum Gasteiger partial charge on any atom is -0.385 e. The number of benzene rings is 1. The first kappa shape index (κ1) is 11.5. The van der Waals surface area contributed by atoms with Crippen molar-refractivity contribution in [3.8, 4) is 0 Å². The number of rotatable bonds is 2. The Kier molecular flexibility index (Phi) is 2.89. The highest BCUT2D eigenvalue weighted by Gasteiger charge is 2.44. The van der Waals surface area contributed by atoms with E-state index in [1.165, 1.54) is 0 Å². The molecule has 2 unspecified atom stereocenters. The van der Waals surface area contributed by atoms with Crippen molar-refractivity contribution in [2.75, 3.05) is 0 Å². The van der Waals surface area contributed by atoms with Crippen molar-refractivity contribution in [2.45, 2.75) is 49.4 Å². The second kappa shape index (κ2) is 4.27. The van der Waals surface area contributed by atoms with Crippen LogP contribution in [0.1, 0.15) is 36.8 Å². The molecule has 2 bridgehead atoms. The van der Waals surface area contributed by atoms with Crippen LogP contribution in [0.2, 0.25) is 0 Å². The van der Waals surface area contributed by atoms with Crippen molar-refractivity contribution in [3.05, 3.63) is 35.4 Å². The first-order valence-electron chi connectivity index (χ1n) is 6.23. The van der Waals surface area contributed by atoms with Crippen molar-refractivity contribution in [1.29, 1.82) is 0 Å². The fourth-order valence-corrected chi connectivity index (χ4v) is 3.26. The van der Waals surface area contributed by atoms with Crippen molar-refractivity contribution in [1.82, 2.24) is 0 Å². The molecule has 0 saturated carbocycles. The Morgan fingerprint density at radius 2 is 2.00 bits per heavy atom. The predicted molar refractivity (Wildman–Crippen MR) is 67.0 cm³/mol. The second-order valence-corrected chi connectivity index (χ2v) is 5.50. The standard InChI is InChI=1S/C14H17ClO2/c15-9-10-2-1-3-11(6-10)14(16)7-12-4-5-13(8-14)17-12/h1-3,6,12-13,16H,4-5,7-9H2. The van der Waals surface area contributed by atoms with E-state index in [-0.39, 0.29) is 12.2 Å². The molecule has 0 aromatic heterocycles. The maximum atomic E-state index is 10.8. The summed E-state index contributed by atoms with van der Waals surface area (Å²) < 4.78 is 5.78. The van der Waals surface area contributed by atoms with Crippen molar-refractivity contribution >= 4 is 11.6 Å². The molecule has 1 aromatic carbocycles. The average Bonchev–Trinajstić information content (AvgIpc) is 2.69. The highest BCUT2D eigenvalue weighted by Crippen LogP contribution is 2.43. The minimum absolute atomic E-state index is 0.235. The monoisotopic (exact) mass is 252 g/mol. The number of hydrogen-bond acceptors (Lipinski definition) is 2. The Morgan fingerprint density at radius 3 is 2.65 bits per heavy atom. The zero-order chi connectivity index (χ0) is 11.9. The van der Waals surface area contributed by atoms with Crippen LogP contribution < -0.4 is 0 Å². The average molecular weight is 253 g/mol. The lowest BCUT2D eigenvalue weighted by atomic mass is 9.83. The lowest BCUT2D eigenvalue weighted by molar-refractivity contribution is -0.115. The van der Waals surface area contributed by atoms with Gasteiger partial charge in [-0.05, 0) is 24.0 Å². The van der Waals surface area contributed by atoms with E-state index in [9.17, 15) is 5.11 Å². The fourth-order valence-electron chi connectivity index (χ4n) is 3.10. The van der Waals surface area contributed by atoms with Gasteiger partial charge in [0.2, 0.25) is 0 Å². The van der Waals surface area contributed by atoms with Crippen LogP contribution in [-0.2, 0) is 16.2 Å². The van der Waals surface area contributed by atoms with Gasteiger partial charge in [0.1, 0.15) is 0 Å². The highest BCUT2D eigenvalue weighted by atomic mass is 35.5. The van der Waals surface area contributed by atoms with Gasteiger partial charge in [-0.2, -0.15) is 0 Å². The van der Waals surface area contributed by atoms with Crippen LogP contribution in [0.15, 0.2) is 24.3 Å². The highest BCUT2D eigenvalue weighted by molar-refractivity contribution is 6.17. The molecule has 3 rings (SSSR count). The molecule has 2 aliphatic rings. The molecule has 2 fully saturated rings. The molecule has 3 heteroatoms. The van der Waals surface area contributed by atoms with E-state index in [2.05, 4.69) is 0 Å². The van der Waals surface area contributed by atoms with E-state index in [0.717, 1.165) is 36.8 Å². The van der Waals surface area contributed by atoms with Crippen LogP contribution in [-0.4, -0.2) is 17.3 Å². The van der Waals surface area contributed by atoms with Gasteiger partial charge >= 0.3 is 0 Å². The topological polar surface area (TPSA) is 29.5 Å². The van der Waals surface area contributed by atoms with Gasteiger partial charge < -0.3 is 9.84 Å². The van der Waals surface area contributed by atoms with Crippen LogP contribution >= 0.6 is 11.6 Å². The molecule has 2 nitrogen and oxygen atoms in total. The number of alkyl halides is 1. The maximum Gasteiger partial charge on any atom is 0.0946 e. The van der Waals surface area contributed by atoms with Gasteiger partial charge in [0, 0.05) is 18.7 Å². The number of ether oxygens (including phenoxy) is 1. The Bertz CT molecular complexity index is 406. The summed E-state index contributed by atoms with van der Waals surface area (Å²) in [5.74, 6) is 0.493. The summed E-state index contributed by atoms with van der Waals surface area (Å²) in [6, 6.07) is 7.99. The lowest BCUT2D eigenvalue weighted by Gasteiger charge is -2.37. The molecular weight excluding hydrogens is 236 g/mol. The van der Waals surface area contributed by atoms with Gasteiger partial charge in [-0.3, -0.25) is 0 Å². The SMILES string of the molecule is OC1(c2cccc(CCl)c2)CC2CCC(C1)O2. The third kappa shape index (κ3) is 2.10. The molecule has 17 heavy (non-hydrogen) atoms. The first-order chi connectivity index (χ1) is 8.19. The van der Waals surface area contributed by atoms with Gasteiger partial charge in [-0.15, -0.1) is 11.6 Å². The normalized spacial score (nSPS) is 36.1. The molecule has 92 valence electrons. The summed E-state index contributed by atoms with van der Waals surface area (Å²) in [7, 11) is 0. The van der Waals surface area contributed by atoms with Gasteiger partial charge in [0.25, 0.3) is 0 Å². The molecule has 1 N–H and O–H groups in total. The summed E-state index contributed by atoms with van der Waals surface area (Å²) in [5.41, 5.74) is 1.35. The Hall–Kier alpha value is -0.570. The summed E-state index contributed by atoms with van der Waals surface area (Å²) in [6.07, 6.45) is 4.08. The zero-order valence-electron chi connectivity index (χ0n) is 9.73. The molecule has 0 radical (unpaired) electrons. The molecule has 2 heterocycles. The summed E-state index contributed by atoms with van der Waals surface area (Å²) >= 11 is 5.85. The van der Waals surface area contributed by atoms with Crippen molar-refractivity contribution in [3.63, 3.8) is 0 Å². The van der Waals surface area contributed by atoms with Crippen LogP contribution in [0.4, 0.5) is 0 Å². The van der Waals surface area contributed by atoms with Crippen LogP contribution in [0.25, 0.3) is 0 Å². The van der Waals surface area contributed by atoms with E-state index in [4.69, 9.17) is 16.3 Å². The third-order valence-electron chi connectivity index (χ3n) is 3.94. The fraction of sp³-hybridized carbons (Fsp3) is 0.571. The van der Waals surface area contributed by atoms with Gasteiger partial charge in [-0.25, -0.2) is 0 Å². The van der Waals surface area contributed by atoms with Gasteiger partial charge in [-0.1, -0.05) is 24.3 Å². The predicted octanol–water partition coefficient (Wildman–Crippen LogP) is 2.95. The molecule has 2 aliphatic heterocycles. The zero-order valence-corrected chi connectivity index (χ0v) is 10.5. The van der Waals surface area contributed by atoms with Crippen LogP contribution in [0, 0.1) is 0 Å². The smallest absolute Gasteiger partial charge is 0.0946 e. The van der Waals surface area contributed by atoms with Gasteiger partial charge in [0.05, 0.1) is 17.8 Å². The Balaban J connectivity index is 1.91. The molecule has 0 spiro atoms. The molecule has 1 aromatic rings. The van der Waals surface area contributed by atoms with E-state index in [1.54, 1.807) is 0 Å². The quantitative estimate of drug-likeness (QED) is 0.820. The van der Waals surface area contributed by atoms with E-state index < -0.39 is 5.60 Å². The van der Waals surface area contributed by atoms with Gasteiger partial charge in [0.15, 0.2) is 0 Å². The van der Waals surface area contributed by atoms with E-state index >= 15 is 0 Å². The third-order valence-corrected chi connectivity index (χ3v) is 4.25. The van der Waals surface area contributed by atoms with Crippen molar-refractivity contribution in [2.24, 2.45) is 0 Å². The maximum absolute atomic E-state index is 10.8. The molecular formula is C14H17ClO2. The molecule has 2 saturated heterocycles. The number of aliphatic hydroxyl groups is 1. The van der Waals surface area contributed by atoms with Crippen LogP contribution in [0.5, 0.6) is 0 Å². The summed E-state index contributed by atoms with van der Waals surface area (Å²) in [6.45, 7) is 0. The largest absolute Gasteiger partial charge is 0.385 e. The number of fused-ring (bicyclic) bond motifs is 2. The molecule has 0 amide bonds.